The summed E-state index contributed by atoms with van der Waals surface area (Å²) in [6.45, 7) is 0. The van der Waals surface area contributed by atoms with Crippen molar-refractivity contribution in [2.45, 2.75) is 0 Å². The molecule has 3 aromatic rings. The van der Waals surface area contributed by atoms with Crippen molar-refractivity contribution in [2.24, 2.45) is 14.1 Å². The first kappa shape index (κ1) is 13.2. The van der Waals surface area contributed by atoms with Gasteiger partial charge in [0.25, 0.3) is 5.56 Å². The van der Waals surface area contributed by atoms with Crippen molar-refractivity contribution in [1.29, 1.82) is 0 Å². The van der Waals surface area contributed by atoms with Crippen LogP contribution in [-0.4, -0.2) is 25.8 Å². The Hall–Kier alpha value is -2.83. The molecular formula is C14H14N4O3. The monoisotopic (exact) mass is 286 g/mol. The Morgan fingerprint density at radius 1 is 1.10 bits per heavy atom. The Labute approximate surface area is 119 Å². The molecular weight excluding hydrogens is 272 g/mol. The molecule has 0 radical (unpaired) electrons. The molecule has 1 aromatic carbocycles. The van der Waals surface area contributed by atoms with Crippen molar-refractivity contribution in [3.63, 3.8) is 0 Å². The van der Waals surface area contributed by atoms with E-state index in [0.717, 1.165) is 4.57 Å². The normalized spacial score (nSPS) is 11.0. The molecule has 0 spiro atoms. The highest BCUT2D eigenvalue weighted by Gasteiger charge is 2.16. The third-order valence-corrected chi connectivity index (χ3v) is 3.49. The van der Waals surface area contributed by atoms with E-state index in [-0.39, 0.29) is 0 Å². The first-order chi connectivity index (χ1) is 10.1. The molecule has 0 amide bonds. The Balaban J connectivity index is 2.47. The summed E-state index contributed by atoms with van der Waals surface area (Å²) in [6.07, 6.45) is 1.52. The molecule has 7 nitrogen and oxygen atoms in total. The summed E-state index contributed by atoms with van der Waals surface area (Å²) < 4.78 is 9.37. The fourth-order valence-corrected chi connectivity index (χ4v) is 2.36. The largest absolute Gasteiger partial charge is 0.495 e. The number of aryl methyl sites for hydroxylation is 1. The van der Waals surface area contributed by atoms with Crippen molar-refractivity contribution >= 4 is 11.2 Å². The number of hydrogen-bond donors (Lipinski definition) is 0. The minimum atomic E-state index is -0.405. The molecule has 0 fully saturated rings. The zero-order valence-electron chi connectivity index (χ0n) is 11.9. The lowest BCUT2D eigenvalue weighted by Gasteiger charge is -2.10. The molecule has 0 unspecified atom stereocenters. The average Bonchev–Trinajstić information content (AvgIpc) is 2.95. The van der Waals surface area contributed by atoms with Crippen LogP contribution in [0.25, 0.3) is 16.9 Å². The second kappa shape index (κ2) is 4.62. The molecule has 7 heteroatoms. The summed E-state index contributed by atoms with van der Waals surface area (Å²) in [5.74, 6) is 0.618. The van der Waals surface area contributed by atoms with Gasteiger partial charge in [0.05, 0.1) is 12.8 Å². The highest BCUT2D eigenvalue weighted by Crippen LogP contribution is 2.24. The molecule has 0 saturated carbocycles. The molecule has 2 aromatic heterocycles. The zero-order valence-corrected chi connectivity index (χ0v) is 11.9. The van der Waals surface area contributed by atoms with Gasteiger partial charge in [-0.2, -0.15) is 0 Å². The number of ether oxygens (including phenoxy) is 1. The first-order valence-electron chi connectivity index (χ1n) is 6.32. The van der Waals surface area contributed by atoms with Crippen LogP contribution in [0.15, 0.2) is 40.2 Å². The second-order valence-corrected chi connectivity index (χ2v) is 4.66. The van der Waals surface area contributed by atoms with Crippen molar-refractivity contribution in [3.8, 4) is 11.4 Å². The van der Waals surface area contributed by atoms with Gasteiger partial charge in [-0.3, -0.25) is 18.5 Å². The number of fused-ring (bicyclic) bond motifs is 1. The number of nitrogens with zero attached hydrogens (tertiary/aromatic N) is 4. The van der Waals surface area contributed by atoms with Gasteiger partial charge in [0.15, 0.2) is 11.2 Å². The Morgan fingerprint density at radius 3 is 2.52 bits per heavy atom. The van der Waals surface area contributed by atoms with E-state index in [0.29, 0.717) is 22.6 Å². The smallest absolute Gasteiger partial charge is 0.332 e. The molecule has 0 atom stereocenters. The predicted octanol–water partition coefficient (Wildman–Crippen LogP) is 0.431. The van der Waals surface area contributed by atoms with E-state index in [9.17, 15) is 9.59 Å². The summed E-state index contributed by atoms with van der Waals surface area (Å²) in [7, 11) is 4.60. The van der Waals surface area contributed by atoms with Gasteiger partial charge in [-0.25, -0.2) is 9.78 Å². The van der Waals surface area contributed by atoms with E-state index in [2.05, 4.69) is 4.98 Å². The summed E-state index contributed by atoms with van der Waals surface area (Å²) >= 11 is 0. The SMILES string of the molecule is COc1ccccc1-n1cnc2c1c(=O)n(C)c(=O)n2C. The van der Waals surface area contributed by atoms with E-state index in [4.69, 9.17) is 4.74 Å². The summed E-state index contributed by atoms with van der Waals surface area (Å²) in [5.41, 5.74) is 0.575. The minimum absolute atomic E-state index is 0.337. The number of rotatable bonds is 2. The van der Waals surface area contributed by atoms with E-state index in [1.54, 1.807) is 24.8 Å². The molecule has 108 valence electrons. The number of para-hydroxylation sites is 2. The van der Waals surface area contributed by atoms with Gasteiger partial charge in [-0.1, -0.05) is 12.1 Å². The van der Waals surface area contributed by atoms with Gasteiger partial charge < -0.3 is 4.74 Å². The third kappa shape index (κ3) is 1.78. The van der Waals surface area contributed by atoms with Crippen LogP contribution in [0.3, 0.4) is 0 Å². The standard InChI is InChI=1S/C14H14N4O3/c1-16-12-11(13(19)17(2)14(16)20)18(8-15-12)9-6-4-5-7-10(9)21-3/h4-8H,1-3H3. The maximum Gasteiger partial charge on any atom is 0.332 e. The fraction of sp³-hybridized carbons (Fsp3) is 0.214. The van der Waals surface area contributed by atoms with Crippen LogP contribution in [0.5, 0.6) is 5.75 Å². The lowest BCUT2D eigenvalue weighted by Crippen LogP contribution is -2.37. The molecule has 0 N–H and O–H groups in total. The lowest BCUT2D eigenvalue weighted by atomic mass is 10.3. The van der Waals surface area contributed by atoms with E-state index in [1.165, 1.54) is 17.9 Å². The first-order valence-corrected chi connectivity index (χ1v) is 6.32. The predicted molar refractivity (Wildman–Crippen MR) is 78.1 cm³/mol. The molecule has 0 saturated heterocycles. The van der Waals surface area contributed by atoms with Gasteiger partial charge in [0, 0.05) is 14.1 Å². The summed E-state index contributed by atoms with van der Waals surface area (Å²) in [5, 5.41) is 0. The molecule has 21 heavy (non-hydrogen) atoms. The van der Waals surface area contributed by atoms with Gasteiger partial charge >= 0.3 is 5.69 Å². The quantitative estimate of drug-likeness (QED) is 0.685. The molecule has 0 bridgehead atoms. The zero-order chi connectivity index (χ0) is 15.1. The highest BCUT2D eigenvalue weighted by atomic mass is 16.5. The fourth-order valence-electron chi connectivity index (χ4n) is 2.36. The third-order valence-electron chi connectivity index (χ3n) is 3.49. The summed E-state index contributed by atoms with van der Waals surface area (Å²) in [4.78, 5) is 28.5. The van der Waals surface area contributed by atoms with Crippen molar-refractivity contribution in [1.82, 2.24) is 18.7 Å². The van der Waals surface area contributed by atoms with Crippen LogP contribution < -0.4 is 16.0 Å². The van der Waals surface area contributed by atoms with Crippen LogP contribution in [0.2, 0.25) is 0 Å². The Kier molecular flexibility index (Phi) is 2.90. The number of aromatic nitrogens is 4. The molecule has 3 rings (SSSR count). The lowest BCUT2D eigenvalue weighted by molar-refractivity contribution is 0.413. The molecule has 0 aliphatic rings. The van der Waals surface area contributed by atoms with Gasteiger partial charge in [0.2, 0.25) is 0 Å². The van der Waals surface area contributed by atoms with E-state index < -0.39 is 11.2 Å². The Morgan fingerprint density at radius 2 is 1.81 bits per heavy atom. The van der Waals surface area contributed by atoms with Crippen LogP contribution >= 0.6 is 0 Å². The molecule has 0 aliphatic heterocycles. The number of imidazole rings is 1. The maximum atomic E-state index is 12.4. The van der Waals surface area contributed by atoms with Crippen LogP contribution in [0.4, 0.5) is 0 Å². The second-order valence-electron chi connectivity index (χ2n) is 4.66. The van der Waals surface area contributed by atoms with Crippen molar-refractivity contribution in [2.75, 3.05) is 7.11 Å². The minimum Gasteiger partial charge on any atom is -0.495 e. The number of hydrogen-bond acceptors (Lipinski definition) is 4. The molecule has 2 heterocycles. The summed E-state index contributed by atoms with van der Waals surface area (Å²) in [6, 6.07) is 7.31. The average molecular weight is 286 g/mol. The van der Waals surface area contributed by atoms with E-state index in [1.807, 2.05) is 18.2 Å². The number of methoxy groups -OCH3 is 1. The van der Waals surface area contributed by atoms with Crippen molar-refractivity contribution in [3.05, 3.63) is 51.4 Å². The van der Waals surface area contributed by atoms with Gasteiger partial charge in [-0.15, -0.1) is 0 Å². The number of benzene rings is 1. The van der Waals surface area contributed by atoms with Crippen LogP contribution in [0, 0.1) is 0 Å². The highest BCUT2D eigenvalue weighted by molar-refractivity contribution is 5.73. The van der Waals surface area contributed by atoms with Gasteiger partial charge in [0.1, 0.15) is 12.1 Å². The Bertz CT molecular complexity index is 949. The topological polar surface area (TPSA) is 71.1 Å². The van der Waals surface area contributed by atoms with Crippen molar-refractivity contribution < 1.29 is 4.74 Å². The van der Waals surface area contributed by atoms with Crippen LogP contribution in [0.1, 0.15) is 0 Å². The maximum absolute atomic E-state index is 12.4. The van der Waals surface area contributed by atoms with E-state index >= 15 is 0 Å². The van der Waals surface area contributed by atoms with Gasteiger partial charge in [-0.05, 0) is 12.1 Å². The van der Waals surface area contributed by atoms with Crippen LogP contribution in [-0.2, 0) is 14.1 Å². The molecule has 0 aliphatic carbocycles.